The first-order chi connectivity index (χ1) is 14.2. The van der Waals surface area contributed by atoms with Crippen molar-refractivity contribution in [1.82, 2.24) is 15.3 Å². The Morgan fingerprint density at radius 2 is 1.86 bits per heavy atom. The monoisotopic (exact) mass is 396 g/mol. The molecule has 0 amide bonds. The zero-order valence-corrected chi connectivity index (χ0v) is 16.4. The Kier molecular flexibility index (Phi) is 7.86. The Hall–Kier alpha value is -2.61. The number of aliphatic hydroxyl groups excluding tert-OH is 2. The molecule has 2 heterocycles. The zero-order chi connectivity index (χ0) is 20.5. The number of benzene rings is 1. The van der Waals surface area contributed by atoms with Crippen LogP contribution < -0.4 is 10.2 Å². The van der Waals surface area contributed by atoms with Gasteiger partial charge in [-0.15, -0.1) is 0 Å². The molecule has 2 aromatic rings. The molecule has 7 heteroatoms. The van der Waals surface area contributed by atoms with E-state index >= 15 is 0 Å². The molecular formula is C22H28N4O3. The third-order valence-electron chi connectivity index (χ3n) is 5.19. The molecule has 0 bridgehead atoms. The third kappa shape index (κ3) is 6.19. The fourth-order valence-electron chi connectivity index (χ4n) is 3.36. The molecule has 1 atom stereocenters. The fraction of sp³-hybridized carbons (Fsp3) is 0.409. The highest BCUT2D eigenvalue weighted by Crippen LogP contribution is 2.20. The number of carbonyl (C=O) groups is 1. The molecule has 0 radical (unpaired) electrons. The molecule has 1 fully saturated rings. The minimum absolute atomic E-state index is 0.0619. The predicted molar refractivity (Wildman–Crippen MR) is 113 cm³/mol. The van der Waals surface area contributed by atoms with Crippen molar-refractivity contribution in [2.45, 2.75) is 18.9 Å². The number of Topliss-reactive ketones (excluding diaryl/α,β-unsaturated/α-hetero) is 1. The van der Waals surface area contributed by atoms with E-state index in [1.165, 1.54) is 12.4 Å². The molecule has 7 nitrogen and oxygen atoms in total. The van der Waals surface area contributed by atoms with Crippen LogP contribution in [0, 0.1) is 5.92 Å². The highest BCUT2D eigenvalue weighted by molar-refractivity contribution is 5.96. The Morgan fingerprint density at radius 3 is 2.48 bits per heavy atom. The molecule has 3 rings (SSSR count). The second kappa shape index (κ2) is 10.8. The molecule has 1 aliphatic rings. The van der Waals surface area contributed by atoms with Gasteiger partial charge in [-0.05, 0) is 30.9 Å². The maximum Gasteiger partial charge on any atom is 0.225 e. The van der Waals surface area contributed by atoms with E-state index in [4.69, 9.17) is 5.11 Å². The maximum absolute atomic E-state index is 11.4. The number of carbonyl (C=O) groups excluding carboxylic acids is 1. The lowest BCUT2D eigenvalue weighted by atomic mass is 9.96. The SMILES string of the molecule is O=C(CO)c1cnc(N2CCC(CNC(/C=C/c3ccccc3)CO)CC2)nc1. The van der Waals surface area contributed by atoms with Crippen molar-refractivity contribution in [3.05, 3.63) is 59.9 Å². The highest BCUT2D eigenvalue weighted by atomic mass is 16.3. The van der Waals surface area contributed by atoms with Crippen molar-refractivity contribution in [2.24, 2.45) is 5.92 Å². The highest BCUT2D eigenvalue weighted by Gasteiger charge is 2.21. The molecule has 0 saturated carbocycles. The summed E-state index contributed by atoms with van der Waals surface area (Å²) in [4.78, 5) is 22.1. The Morgan fingerprint density at radius 1 is 1.17 bits per heavy atom. The van der Waals surface area contributed by atoms with Crippen LogP contribution in [0.2, 0.25) is 0 Å². The van der Waals surface area contributed by atoms with Gasteiger partial charge in [0, 0.05) is 31.5 Å². The van der Waals surface area contributed by atoms with Crippen molar-refractivity contribution in [3.63, 3.8) is 0 Å². The van der Waals surface area contributed by atoms with Gasteiger partial charge in [-0.1, -0.05) is 42.5 Å². The van der Waals surface area contributed by atoms with Crippen LogP contribution in [0.15, 0.2) is 48.8 Å². The van der Waals surface area contributed by atoms with Gasteiger partial charge in [-0.25, -0.2) is 9.97 Å². The molecule has 1 aromatic heterocycles. The zero-order valence-electron chi connectivity index (χ0n) is 16.4. The van der Waals surface area contributed by atoms with Gasteiger partial charge in [-0.3, -0.25) is 4.79 Å². The van der Waals surface area contributed by atoms with Gasteiger partial charge in [0.2, 0.25) is 5.95 Å². The molecule has 1 unspecified atom stereocenters. The number of aromatic nitrogens is 2. The van der Waals surface area contributed by atoms with Crippen LogP contribution >= 0.6 is 0 Å². The van der Waals surface area contributed by atoms with Crippen molar-refractivity contribution in [2.75, 3.05) is 37.7 Å². The number of anilines is 1. The smallest absolute Gasteiger partial charge is 0.225 e. The minimum Gasteiger partial charge on any atom is -0.394 e. The van der Waals surface area contributed by atoms with Gasteiger partial charge in [0.1, 0.15) is 6.61 Å². The predicted octanol–water partition coefficient (Wildman–Crippen LogP) is 1.53. The van der Waals surface area contributed by atoms with Crippen LogP contribution in [0.5, 0.6) is 0 Å². The summed E-state index contributed by atoms with van der Waals surface area (Å²) in [5, 5.41) is 22.0. The van der Waals surface area contributed by atoms with E-state index in [9.17, 15) is 9.90 Å². The lowest BCUT2D eigenvalue weighted by Gasteiger charge is -2.32. The summed E-state index contributed by atoms with van der Waals surface area (Å²) in [5.74, 6) is 0.770. The van der Waals surface area contributed by atoms with E-state index in [0.29, 0.717) is 17.4 Å². The first-order valence-corrected chi connectivity index (χ1v) is 9.98. The van der Waals surface area contributed by atoms with E-state index in [0.717, 1.165) is 38.0 Å². The molecule has 1 aromatic carbocycles. The average Bonchev–Trinajstić information content (AvgIpc) is 2.80. The van der Waals surface area contributed by atoms with E-state index < -0.39 is 6.61 Å². The molecule has 3 N–H and O–H groups in total. The van der Waals surface area contributed by atoms with Crippen molar-refractivity contribution in [1.29, 1.82) is 0 Å². The summed E-state index contributed by atoms with van der Waals surface area (Å²) in [7, 11) is 0. The normalized spacial score (nSPS) is 16.3. The van der Waals surface area contributed by atoms with Crippen LogP contribution in [-0.2, 0) is 0 Å². The summed E-state index contributed by atoms with van der Waals surface area (Å²) in [6, 6.07) is 9.99. The summed E-state index contributed by atoms with van der Waals surface area (Å²) in [6.45, 7) is 2.08. The van der Waals surface area contributed by atoms with Crippen LogP contribution in [0.3, 0.4) is 0 Å². The van der Waals surface area contributed by atoms with Gasteiger partial charge in [0.15, 0.2) is 5.78 Å². The van der Waals surface area contributed by atoms with Crippen LogP contribution in [0.25, 0.3) is 6.08 Å². The fourth-order valence-corrected chi connectivity index (χ4v) is 3.36. The molecule has 154 valence electrons. The maximum atomic E-state index is 11.4. The number of nitrogens with one attached hydrogen (secondary N) is 1. The number of ketones is 1. The van der Waals surface area contributed by atoms with Gasteiger partial charge >= 0.3 is 0 Å². The average molecular weight is 396 g/mol. The molecule has 29 heavy (non-hydrogen) atoms. The Labute approximate surface area is 171 Å². The molecular weight excluding hydrogens is 368 g/mol. The minimum atomic E-state index is -0.531. The second-order valence-electron chi connectivity index (χ2n) is 7.25. The quantitative estimate of drug-likeness (QED) is 0.553. The van der Waals surface area contributed by atoms with Gasteiger partial charge < -0.3 is 20.4 Å². The number of nitrogens with zero attached hydrogens (tertiary/aromatic N) is 3. The lowest BCUT2D eigenvalue weighted by Crippen LogP contribution is -2.41. The topological polar surface area (TPSA) is 98.6 Å². The lowest BCUT2D eigenvalue weighted by molar-refractivity contribution is 0.0903. The van der Waals surface area contributed by atoms with Crippen molar-refractivity contribution in [3.8, 4) is 0 Å². The molecule has 1 saturated heterocycles. The van der Waals surface area contributed by atoms with Crippen molar-refractivity contribution < 1.29 is 15.0 Å². The summed E-state index contributed by atoms with van der Waals surface area (Å²) in [5.41, 5.74) is 1.45. The van der Waals surface area contributed by atoms with Crippen molar-refractivity contribution >= 4 is 17.8 Å². The largest absolute Gasteiger partial charge is 0.394 e. The number of rotatable bonds is 9. The second-order valence-corrected chi connectivity index (χ2v) is 7.25. The Bertz CT molecular complexity index is 787. The first kappa shape index (κ1) is 21.1. The number of hydrogen-bond donors (Lipinski definition) is 3. The van der Waals surface area contributed by atoms with Gasteiger partial charge in [0.25, 0.3) is 0 Å². The number of aliphatic hydroxyl groups is 2. The first-order valence-electron chi connectivity index (χ1n) is 9.98. The number of piperidine rings is 1. The van der Waals surface area contributed by atoms with E-state index in [-0.39, 0.29) is 18.4 Å². The summed E-state index contributed by atoms with van der Waals surface area (Å²) >= 11 is 0. The molecule has 0 aliphatic carbocycles. The van der Waals surface area contributed by atoms with E-state index in [2.05, 4.69) is 20.2 Å². The van der Waals surface area contributed by atoms with E-state index in [1.807, 2.05) is 42.5 Å². The summed E-state index contributed by atoms with van der Waals surface area (Å²) < 4.78 is 0. The number of hydrogen-bond acceptors (Lipinski definition) is 7. The van der Waals surface area contributed by atoms with Gasteiger partial charge in [-0.2, -0.15) is 0 Å². The molecule has 1 aliphatic heterocycles. The van der Waals surface area contributed by atoms with Crippen LogP contribution in [0.4, 0.5) is 5.95 Å². The molecule has 0 spiro atoms. The third-order valence-corrected chi connectivity index (χ3v) is 5.19. The van der Waals surface area contributed by atoms with Crippen LogP contribution in [-0.4, -0.2) is 64.9 Å². The van der Waals surface area contributed by atoms with Gasteiger partial charge in [0.05, 0.1) is 12.2 Å². The summed E-state index contributed by atoms with van der Waals surface area (Å²) in [6.07, 6.45) is 8.99. The Balaban J connectivity index is 1.44. The van der Waals surface area contributed by atoms with Crippen LogP contribution in [0.1, 0.15) is 28.8 Å². The van der Waals surface area contributed by atoms with E-state index in [1.54, 1.807) is 0 Å². The standard InChI is InChI=1S/C22H28N4O3/c27-15-20(7-6-17-4-2-1-3-5-17)23-12-18-8-10-26(11-9-18)22-24-13-19(14-25-22)21(29)16-28/h1-7,13-14,18,20,23,27-28H,8-12,15-16H2/b7-6+.